The lowest BCUT2D eigenvalue weighted by Crippen LogP contribution is -2.43. The van der Waals surface area contributed by atoms with Crippen molar-refractivity contribution >= 4 is 10.8 Å². The molecule has 3 unspecified atom stereocenters. The molecule has 3 nitrogen and oxygen atoms in total. The molecule has 0 bridgehead atoms. The van der Waals surface area contributed by atoms with Crippen LogP contribution in [0, 0.1) is 0 Å². The van der Waals surface area contributed by atoms with E-state index in [0.717, 1.165) is 11.5 Å². The van der Waals surface area contributed by atoms with E-state index in [4.69, 9.17) is 4.74 Å². The average Bonchev–Trinajstić information content (AvgIpc) is 2.27. The highest BCUT2D eigenvalue weighted by Crippen LogP contribution is 2.22. The molecule has 1 aromatic rings. The summed E-state index contributed by atoms with van der Waals surface area (Å²) in [7, 11) is -0.709. The van der Waals surface area contributed by atoms with Gasteiger partial charge in [-0.25, -0.2) is 0 Å². The van der Waals surface area contributed by atoms with Crippen molar-refractivity contribution in [3.8, 4) is 5.75 Å². The lowest BCUT2D eigenvalue weighted by molar-refractivity contribution is 0.242. The smallest absolute Gasteiger partial charge is 0.119 e. The third-order valence-corrected chi connectivity index (χ3v) is 4.51. The van der Waals surface area contributed by atoms with E-state index in [2.05, 4.69) is 24.4 Å². The fourth-order valence-corrected chi connectivity index (χ4v) is 3.67. The van der Waals surface area contributed by atoms with Crippen LogP contribution in [-0.4, -0.2) is 27.9 Å². The average molecular weight is 267 g/mol. The van der Waals surface area contributed by atoms with Crippen molar-refractivity contribution in [1.82, 2.24) is 5.32 Å². The quantitative estimate of drug-likeness (QED) is 0.913. The molecule has 4 heteroatoms. The van der Waals surface area contributed by atoms with Gasteiger partial charge in [-0.15, -0.1) is 0 Å². The normalized spacial score (nSPS) is 28.3. The third kappa shape index (κ3) is 3.56. The molecule has 0 amide bonds. The molecule has 0 aromatic heterocycles. The largest absolute Gasteiger partial charge is 0.491 e. The molecule has 0 radical (unpaired) electrons. The first-order valence-corrected chi connectivity index (χ1v) is 7.91. The second-order valence-corrected chi connectivity index (χ2v) is 6.68. The van der Waals surface area contributed by atoms with Crippen LogP contribution in [-0.2, 0) is 10.8 Å². The standard InChI is InChI=1S/C14H21NO2S/c1-10(2)17-13-6-4-12(5-7-13)14-9-18(16)8-11(3)15-14/h4-7,10-11,14-15H,8-9H2,1-3H3. The van der Waals surface area contributed by atoms with Gasteiger partial charge in [-0.1, -0.05) is 12.1 Å². The van der Waals surface area contributed by atoms with Gasteiger partial charge in [0, 0.05) is 34.4 Å². The molecule has 1 aliphatic heterocycles. The molecule has 1 aromatic carbocycles. The maximum Gasteiger partial charge on any atom is 0.119 e. The fourth-order valence-electron chi connectivity index (χ4n) is 2.22. The van der Waals surface area contributed by atoms with Crippen LogP contribution in [0.2, 0.25) is 0 Å². The monoisotopic (exact) mass is 267 g/mol. The zero-order chi connectivity index (χ0) is 13.1. The summed E-state index contributed by atoms with van der Waals surface area (Å²) in [6.45, 7) is 6.11. The molecule has 1 heterocycles. The Balaban J connectivity index is 2.07. The summed E-state index contributed by atoms with van der Waals surface area (Å²) in [6.07, 6.45) is 0.191. The predicted octanol–water partition coefficient (Wildman–Crippen LogP) is 2.26. The number of hydrogen-bond acceptors (Lipinski definition) is 3. The summed E-state index contributed by atoms with van der Waals surface area (Å²) in [6, 6.07) is 8.60. The molecule has 2 rings (SSSR count). The van der Waals surface area contributed by atoms with E-state index in [-0.39, 0.29) is 12.1 Å². The minimum absolute atomic E-state index is 0.191. The molecular weight excluding hydrogens is 246 g/mol. The molecule has 0 spiro atoms. The Kier molecular flexibility index (Phi) is 4.40. The van der Waals surface area contributed by atoms with E-state index in [1.165, 1.54) is 5.56 Å². The molecule has 100 valence electrons. The number of benzene rings is 1. The first-order chi connectivity index (χ1) is 8.54. The van der Waals surface area contributed by atoms with Crippen molar-refractivity contribution in [2.45, 2.75) is 39.0 Å². The zero-order valence-corrected chi connectivity index (χ0v) is 12.0. The van der Waals surface area contributed by atoms with Crippen molar-refractivity contribution in [2.75, 3.05) is 11.5 Å². The van der Waals surface area contributed by atoms with E-state index in [0.29, 0.717) is 11.8 Å². The maximum atomic E-state index is 11.7. The SMILES string of the molecule is CC1CS(=O)CC(c2ccc(OC(C)C)cc2)N1. The van der Waals surface area contributed by atoms with Crippen LogP contribution < -0.4 is 10.1 Å². The fraction of sp³-hybridized carbons (Fsp3) is 0.571. The highest BCUT2D eigenvalue weighted by atomic mass is 32.2. The molecular formula is C14H21NO2S. The third-order valence-electron chi connectivity index (χ3n) is 2.93. The van der Waals surface area contributed by atoms with E-state index in [1.807, 2.05) is 26.0 Å². The second kappa shape index (κ2) is 5.85. The molecule has 0 saturated carbocycles. The van der Waals surface area contributed by atoms with Gasteiger partial charge in [-0.3, -0.25) is 4.21 Å². The Morgan fingerprint density at radius 3 is 2.50 bits per heavy atom. The van der Waals surface area contributed by atoms with Gasteiger partial charge in [0.2, 0.25) is 0 Å². The van der Waals surface area contributed by atoms with Gasteiger partial charge < -0.3 is 10.1 Å². The van der Waals surface area contributed by atoms with Crippen LogP contribution in [0.4, 0.5) is 0 Å². The summed E-state index contributed by atoms with van der Waals surface area (Å²) in [4.78, 5) is 0. The van der Waals surface area contributed by atoms with Crippen molar-refractivity contribution in [2.24, 2.45) is 0 Å². The summed E-state index contributed by atoms with van der Waals surface area (Å²) in [5, 5.41) is 3.49. The van der Waals surface area contributed by atoms with Crippen molar-refractivity contribution in [3.05, 3.63) is 29.8 Å². The van der Waals surface area contributed by atoms with Gasteiger partial charge in [-0.05, 0) is 38.5 Å². The minimum Gasteiger partial charge on any atom is -0.491 e. The van der Waals surface area contributed by atoms with Crippen LogP contribution in [0.25, 0.3) is 0 Å². The summed E-state index contributed by atoms with van der Waals surface area (Å²) in [5.41, 5.74) is 1.19. The summed E-state index contributed by atoms with van der Waals surface area (Å²) >= 11 is 0. The molecule has 1 N–H and O–H groups in total. The molecule has 0 aliphatic carbocycles. The Morgan fingerprint density at radius 1 is 1.28 bits per heavy atom. The predicted molar refractivity (Wildman–Crippen MR) is 75.4 cm³/mol. The van der Waals surface area contributed by atoms with E-state index < -0.39 is 10.8 Å². The Labute approximate surface area is 111 Å². The van der Waals surface area contributed by atoms with Crippen LogP contribution in [0.3, 0.4) is 0 Å². The molecule has 1 saturated heterocycles. The lowest BCUT2D eigenvalue weighted by atomic mass is 10.1. The Bertz CT molecular complexity index is 416. The van der Waals surface area contributed by atoms with E-state index >= 15 is 0 Å². The first kappa shape index (κ1) is 13.6. The second-order valence-electron chi connectivity index (χ2n) is 5.13. The molecule has 1 aliphatic rings. The van der Waals surface area contributed by atoms with Gasteiger partial charge >= 0.3 is 0 Å². The lowest BCUT2D eigenvalue weighted by Gasteiger charge is -2.28. The zero-order valence-electron chi connectivity index (χ0n) is 11.2. The van der Waals surface area contributed by atoms with Crippen LogP contribution in [0.5, 0.6) is 5.75 Å². The summed E-state index contributed by atoms with van der Waals surface area (Å²) < 4.78 is 17.3. The topological polar surface area (TPSA) is 38.3 Å². The number of hydrogen-bond donors (Lipinski definition) is 1. The van der Waals surface area contributed by atoms with Gasteiger partial charge in [0.05, 0.1) is 6.10 Å². The molecule has 18 heavy (non-hydrogen) atoms. The van der Waals surface area contributed by atoms with Gasteiger partial charge in [-0.2, -0.15) is 0 Å². The van der Waals surface area contributed by atoms with Crippen LogP contribution in [0.15, 0.2) is 24.3 Å². The maximum absolute atomic E-state index is 11.7. The van der Waals surface area contributed by atoms with Crippen LogP contribution >= 0.6 is 0 Å². The minimum atomic E-state index is -0.709. The Morgan fingerprint density at radius 2 is 1.94 bits per heavy atom. The summed E-state index contributed by atoms with van der Waals surface area (Å²) in [5.74, 6) is 2.35. The Hall–Kier alpha value is -0.870. The van der Waals surface area contributed by atoms with Gasteiger partial charge in [0.15, 0.2) is 0 Å². The van der Waals surface area contributed by atoms with Crippen molar-refractivity contribution in [3.63, 3.8) is 0 Å². The van der Waals surface area contributed by atoms with Crippen molar-refractivity contribution in [1.29, 1.82) is 0 Å². The van der Waals surface area contributed by atoms with Gasteiger partial charge in [0.25, 0.3) is 0 Å². The van der Waals surface area contributed by atoms with Gasteiger partial charge in [0.1, 0.15) is 5.75 Å². The highest BCUT2D eigenvalue weighted by Gasteiger charge is 2.23. The molecule has 3 atom stereocenters. The first-order valence-electron chi connectivity index (χ1n) is 6.42. The highest BCUT2D eigenvalue weighted by molar-refractivity contribution is 7.85. The van der Waals surface area contributed by atoms with Crippen molar-refractivity contribution < 1.29 is 8.95 Å². The molecule has 1 fully saturated rings. The number of ether oxygens (including phenoxy) is 1. The number of rotatable bonds is 3. The van der Waals surface area contributed by atoms with Crippen LogP contribution in [0.1, 0.15) is 32.4 Å². The van der Waals surface area contributed by atoms with E-state index in [1.54, 1.807) is 0 Å². The number of nitrogens with one attached hydrogen (secondary N) is 1. The van der Waals surface area contributed by atoms with E-state index in [9.17, 15) is 4.21 Å².